The normalized spacial score (nSPS) is 15.3. The van der Waals surface area contributed by atoms with Crippen LogP contribution in [0.25, 0.3) is 16.6 Å². The van der Waals surface area contributed by atoms with Crippen LogP contribution in [0, 0.1) is 0 Å². The first-order valence-electron chi connectivity index (χ1n) is 10.0. The third-order valence-corrected chi connectivity index (χ3v) is 5.61. The highest BCUT2D eigenvalue weighted by atomic mass is 35.5. The second-order valence-electron chi connectivity index (χ2n) is 7.55. The molecule has 156 valence electrons. The Kier molecular flexibility index (Phi) is 5.74. The predicted octanol–water partition coefficient (Wildman–Crippen LogP) is 4.16. The molecule has 0 radical (unpaired) electrons. The molecular formula is C22H23ClN4O3. The Bertz CT molecular complexity index is 1150. The molecule has 1 fully saturated rings. The average molecular weight is 427 g/mol. The smallest absolute Gasteiger partial charge is 0.319 e. The maximum atomic E-state index is 13.3. The third kappa shape index (κ3) is 4.04. The van der Waals surface area contributed by atoms with E-state index >= 15 is 0 Å². The maximum absolute atomic E-state index is 13.3. The lowest BCUT2D eigenvalue weighted by atomic mass is 10.2. The highest BCUT2D eigenvalue weighted by Crippen LogP contribution is 2.24. The summed E-state index contributed by atoms with van der Waals surface area (Å²) in [7, 11) is 0. The SMILES string of the molecule is CC(O)c1nc2cccc(Cl)c2c(=O)n1-c1cccc(NC(=O)NC2CCCC2)c1. The van der Waals surface area contributed by atoms with Crippen molar-refractivity contribution < 1.29 is 9.90 Å². The van der Waals surface area contributed by atoms with E-state index in [4.69, 9.17) is 11.6 Å². The molecule has 1 saturated carbocycles. The molecular weight excluding hydrogens is 404 g/mol. The zero-order chi connectivity index (χ0) is 21.3. The summed E-state index contributed by atoms with van der Waals surface area (Å²) in [5.74, 6) is 0.197. The number of rotatable bonds is 4. The standard InChI is InChI=1S/C22H23ClN4O3/c1-13(28)20-26-18-11-5-10-17(23)19(18)21(29)27(20)16-9-4-8-15(12-16)25-22(30)24-14-6-2-3-7-14/h4-5,8-14,28H,2-3,6-7H2,1H3,(H2,24,25,30). The summed E-state index contributed by atoms with van der Waals surface area (Å²) in [4.78, 5) is 30.0. The number of carbonyl (C=O) groups is 1. The molecule has 30 heavy (non-hydrogen) atoms. The molecule has 3 N–H and O–H groups in total. The van der Waals surface area contributed by atoms with Gasteiger partial charge in [0.1, 0.15) is 11.9 Å². The van der Waals surface area contributed by atoms with Crippen LogP contribution in [-0.2, 0) is 0 Å². The summed E-state index contributed by atoms with van der Waals surface area (Å²) in [6.45, 7) is 1.55. The van der Waals surface area contributed by atoms with Gasteiger partial charge in [-0.3, -0.25) is 9.36 Å². The molecule has 2 aromatic carbocycles. The Morgan fingerprint density at radius 2 is 1.97 bits per heavy atom. The molecule has 1 heterocycles. The van der Waals surface area contributed by atoms with Crippen LogP contribution < -0.4 is 16.2 Å². The van der Waals surface area contributed by atoms with Crippen molar-refractivity contribution in [2.75, 3.05) is 5.32 Å². The minimum absolute atomic E-state index is 0.197. The van der Waals surface area contributed by atoms with Crippen LogP contribution in [0.1, 0.15) is 44.5 Å². The molecule has 0 aliphatic heterocycles. The van der Waals surface area contributed by atoms with Crippen molar-refractivity contribution in [1.82, 2.24) is 14.9 Å². The quantitative estimate of drug-likeness (QED) is 0.583. The van der Waals surface area contributed by atoms with Crippen LogP contribution >= 0.6 is 11.6 Å². The number of anilines is 1. The molecule has 1 aliphatic carbocycles. The van der Waals surface area contributed by atoms with Gasteiger partial charge in [0.05, 0.1) is 21.6 Å². The topological polar surface area (TPSA) is 96.2 Å². The number of fused-ring (bicyclic) bond motifs is 1. The number of benzene rings is 2. The second kappa shape index (κ2) is 8.45. The molecule has 4 rings (SSSR count). The van der Waals surface area contributed by atoms with Crippen molar-refractivity contribution in [3.05, 3.63) is 63.7 Å². The molecule has 1 aliphatic rings. The van der Waals surface area contributed by atoms with E-state index in [-0.39, 0.29) is 28.8 Å². The molecule has 3 aromatic rings. The zero-order valence-electron chi connectivity index (χ0n) is 16.6. The van der Waals surface area contributed by atoms with Crippen LogP contribution in [0.2, 0.25) is 5.02 Å². The molecule has 7 nitrogen and oxygen atoms in total. The van der Waals surface area contributed by atoms with Gasteiger partial charge in [-0.25, -0.2) is 9.78 Å². The molecule has 0 spiro atoms. The van der Waals surface area contributed by atoms with Crippen LogP contribution in [0.4, 0.5) is 10.5 Å². The summed E-state index contributed by atoms with van der Waals surface area (Å²) < 4.78 is 1.33. The van der Waals surface area contributed by atoms with Crippen LogP contribution in [0.15, 0.2) is 47.3 Å². The fraction of sp³-hybridized carbons (Fsp3) is 0.318. The Balaban J connectivity index is 1.73. The van der Waals surface area contributed by atoms with Crippen LogP contribution in [-0.4, -0.2) is 26.7 Å². The maximum Gasteiger partial charge on any atom is 0.319 e. The number of halogens is 1. The van der Waals surface area contributed by atoms with E-state index < -0.39 is 6.10 Å². The highest BCUT2D eigenvalue weighted by Gasteiger charge is 2.19. The summed E-state index contributed by atoms with van der Waals surface area (Å²) in [6.07, 6.45) is 3.25. The van der Waals surface area contributed by atoms with Crippen molar-refractivity contribution >= 4 is 34.2 Å². The number of aliphatic hydroxyl groups excluding tert-OH is 1. The summed E-state index contributed by atoms with van der Waals surface area (Å²) >= 11 is 6.25. The predicted molar refractivity (Wildman–Crippen MR) is 117 cm³/mol. The van der Waals surface area contributed by atoms with E-state index in [0.717, 1.165) is 25.7 Å². The molecule has 0 bridgehead atoms. The van der Waals surface area contributed by atoms with Crippen LogP contribution in [0.3, 0.4) is 0 Å². The number of urea groups is 1. The largest absolute Gasteiger partial charge is 0.385 e. The molecule has 2 amide bonds. The van der Waals surface area contributed by atoms with Gasteiger partial charge in [-0.05, 0) is 50.1 Å². The lowest BCUT2D eigenvalue weighted by Gasteiger charge is -2.17. The van der Waals surface area contributed by atoms with Crippen LogP contribution in [0.5, 0.6) is 0 Å². The first kappa shape index (κ1) is 20.4. The Morgan fingerprint density at radius 1 is 1.23 bits per heavy atom. The second-order valence-corrected chi connectivity index (χ2v) is 7.96. The van der Waals surface area contributed by atoms with E-state index in [2.05, 4.69) is 15.6 Å². The van der Waals surface area contributed by atoms with E-state index in [1.54, 1.807) is 49.4 Å². The minimum Gasteiger partial charge on any atom is -0.385 e. The van der Waals surface area contributed by atoms with Gasteiger partial charge in [-0.1, -0.05) is 36.6 Å². The van der Waals surface area contributed by atoms with Crippen molar-refractivity contribution in [1.29, 1.82) is 0 Å². The van der Waals surface area contributed by atoms with E-state index in [1.807, 2.05) is 0 Å². The van der Waals surface area contributed by atoms with Gasteiger partial charge in [0.2, 0.25) is 0 Å². The van der Waals surface area contributed by atoms with Gasteiger partial charge < -0.3 is 15.7 Å². The lowest BCUT2D eigenvalue weighted by Crippen LogP contribution is -2.36. The highest BCUT2D eigenvalue weighted by molar-refractivity contribution is 6.35. The third-order valence-electron chi connectivity index (χ3n) is 5.30. The van der Waals surface area contributed by atoms with Gasteiger partial charge >= 0.3 is 6.03 Å². The number of aliphatic hydroxyl groups is 1. The minimum atomic E-state index is -0.983. The van der Waals surface area contributed by atoms with E-state index in [9.17, 15) is 14.7 Å². The first-order valence-corrected chi connectivity index (χ1v) is 10.4. The van der Waals surface area contributed by atoms with E-state index in [1.165, 1.54) is 4.57 Å². The summed E-state index contributed by atoms with van der Waals surface area (Å²) in [5.41, 5.74) is 1.05. The number of hydrogen-bond donors (Lipinski definition) is 3. The summed E-state index contributed by atoms with van der Waals surface area (Å²) in [5, 5.41) is 16.6. The van der Waals surface area contributed by atoms with Crippen molar-refractivity contribution in [2.45, 2.75) is 44.8 Å². The number of hydrogen-bond acceptors (Lipinski definition) is 4. The molecule has 1 atom stereocenters. The molecule has 0 saturated heterocycles. The van der Waals surface area contributed by atoms with Gasteiger partial charge in [0.15, 0.2) is 0 Å². The number of aromatic nitrogens is 2. The number of amides is 2. The van der Waals surface area contributed by atoms with E-state index in [0.29, 0.717) is 21.9 Å². The number of nitrogens with one attached hydrogen (secondary N) is 2. The fourth-order valence-corrected chi connectivity index (χ4v) is 4.13. The summed E-state index contributed by atoms with van der Waals surface area (Å²) in [6, 6.07) is 11.8. The Morgan fingerprint density at radius 3 is 2.70 bits per heavy atom. The molecule has 8 heteroatoms. The molecule has 1 unspecified atom stereocenters. The van der Waals surface area contributed by atoms with Gasteiger partial charge in [0.25, 0.3) is 5.56 Å². The van der Waals surface area contributed by atoms with Crippen molar-refractivity contribution in [3.63, 3.8) is 0 Å². The first-order chi connectivity index (χ1) is 14.4. The Labute approximate surface area is 178 Å². The average Bonchev–Trinajstić information content (AvgIpc) is 3.20. The van der Waals surface area contributed by atoms with Gasteiger partial charge in [-0.15, -0.1) is 0 Å². The number of nitrogens with zero attached hydrogens (tertiary/aromatic N) is 2. The number of carbonyl (C=O) groups excluding carboxylic acids is 1. The van der Waals surface area contributed by atoms with Gasteiger partial charge in [-0.2, -0.15) is 0 Å². The van der Waals surface area contributed by atoms with Gasteiger partial charge in [0, 0.05) is 11.7 Å². The zero-order valence-corrected chi connectivity index (χ0v) is 17.3. The monoisotopic (exact) mass is 426 g/mol. The fourth-order valence-electron chi connectivity index (χ4n) is 3.88. The van der Waals surface area contributed by atoms with Crippen molar-refractivity contribution in [2.24, 2.45) is 0 Å². The van der Waals surface area contributed by atoms with Crippen molar-refractivity contribution in [3.8, 4) is 5.69 Å². The molecule has 1 aromatic heterocycles. The lowest BCUT2D eigenvalue weighted by molar-refractivity contribution is 0.186. The Hall–Kier alpha value is -2.90.